The third kappa shape index (κ3) is 3.46. The van der Waals surface area contributed by atoms with Crippen LogP contribution in [0.2, 0.25) is 0 Å². The Morgan fingerprint density at radius 1 is 1.59 bits per heavy atom. The Morgan fingerprint density at radius 3 is 3.06 bits per heavy atom. The van der Waals surface area contributed by atoms with Gasteiger partial charge < -0.3 is 9.84 Å². The molecule has 2 heterocycles. The molecule has 0 saturated carbocycles. The van der Waals surface area contributed by atoms with Crippen molar-refractivity contribution in [2.75, 3.05) is 5.75 Å². The minimum absolute atomic E-state index is 0.258. The molecule has 17 heavy (non-hydrogen) atoms. The topological polar surface area (TPSA) is 63.3 Å². The van der Waals surface area contributed by atoms with Crippen LogP contribution >= 0.6 is 11.8 Å². The van der Waals surface area contributed by atoms with E-state index in [0.717, 1.165) is 10.9 Å². The Labute approximate surface area is 105 Å². The molecule has 1 aliphatic heterocycles. The van der Waals surface area contributed by atoms with Gasteiger partial charge >= 0.3 is 0 Å². The van der Waals surface area contributed by atoms with Crippen LogP contribution in [0.3, 0.4) is 0 Å². The van der Waals surface area contributed by atoms with Crippen molar-refractivity contribution in [1.82, 2.24) is 15.5 Å². The van der Waals surface area contributed by atoms with Gasteiger partial charge in [0, 0.05) is 11.8 Å². The van der Waals surface area contributed by atoms with E-state index in [1.807, 2.05) is 0 Å². The van der Waals surface area contributed by atoms with Crippen LogP contribution in [0.15, 0.2) is 15.9 Å². The molecule has 0 aliphatic carbocycles. The Bertz CT molecular complexity index is 383. The average molecular weight is 254 g/mol. The lowest BCUT2D eigenvalue weighted by Gasteiger charge is -2.35. The van der Waals surface area contributed by atoms with Crippen molar-refractivity contribution in [3.63, 3.8) is 0 Å². The molecule has 6 heteroatoms. The van der Waals surface area contributed by atoms with Gasteiger partial charge in [0.1, 0.15) is 6.54 Å². The van der Waals surface area contributed by atoms with E-state index in [1.54, 1.807) is 11.8 Å². The lowest BCUT2D eigenvalue weighted by Crippen LogP contribution is -2.46. The molecule has 1 aliphatic rings. The number of nitrogens with zero attached hydrogens (tertiary/aromatic N) is 3. The summed E-state index contributed by atoms with van der Waals surface area (Å²) in [6, 6.07) is 0.479. The van der Waals surface area contributed by atoms with E-state index in [0.29, 0.717) is 18.4 Å². The molecular formula is C11H18N4OS. The minimum Gasteiger partial charge on any atom is -0.362 e. The molecule has 94 valence electrons. The summed E-state index contributed by atoms with van der Waals surface area (Å²) >= 11 is 1.76. The van der Waals surface area contributed by atoms with Crippen molar-refractivity contribution in [1.29, 1.82) is 0 Å². The molecule has 1 fully saturated rings. The van der Waals surface area contributed by atoms with E-state index >= 15 is 0 Å². The maximum absolute atomic E-state index is 4.67. The van der Waals surface area contributed by atoms with Gasteiger partial charge in [0.2, 0.25) is 6.39 Å². The van der Waals surface area contributed by atoms with Crippen LogP contribution in [0.5, 0.6) is 0 Å². The zero-order chi connectivity index (χ0) is 12.3. The monoisotopic (exact) mass is 254 g/mol. The number of aromatic nitrogens is 2. The van der Waals surface area contributed by atoms with Crippen LogP contribution in [0, 0.1) is 5.41 Å². The van der Waals surface area contributed by atoms with Crippen LogP contribution in [-0.4, -0.2) is 27.1 Å². The van der Waals surface area contributed by atoms with Gasteiger partial charge in [-0.15, -0.1) is 0 Å². The summed E-state index contributed by atoms with van der Waals surface area (Å²) in [7, 11) is 0. The summed E-state index contributed by atoms with van der Waals surface area (Å²) in [6.07, 6.45) is 2.50. The van der Waals surface area contributed by atoms with Crippen LogP contribution in [0.25, 0.3) is 0 Å². The smallest absolute Gasteiger partial charge is 0.213 e. The summed E-state index contributed by atoms with van der Waals surface area (Å²) in [6.45, 7) is 7.22. The van der Waals surface area contributed by atoms with E-state index in [-0.39, 0.29) is 5.41 Å². The summed E-state index contributed by atoms with van der Waals surface area (Å²) in [5.41, 5.74) is 0.258. The second-order valence-electron chi connectivity index (χ2n) is 5.17. The van der Waals surface area contributed by atoms with Gasteiger partial charge in [-0.25, -0.2) is 0 Å². The second kappa shape index (κ2) is 5.08. The Morgan fingerprint density at radius 2 is 2.41 bits per heavy atom. The fraction of sp³-hybridized carbons (Fsp3) is 0.727. The number of nitrogens with one attached hydrogen (secondary N) is 1. The first kappa shape index (κ1) is 12.4. The zero-order valence-corrected chi connectivity index (χ0v) is 11.3. The van der Waals surface area contributed by atoms with Gasteiger partial charge in [-0.3, -0.25) is 4.99 Å². The highest BCUT2D eigenvalue weighted by atomic mass is 32.2. The van der Waals surface area contributed by atoms with Crippen LogP contribution in [-0.2, 0) is 6.54 Å². The first-order valence-electron chi connectivity index (χ1n) is 5.75. The van der Waals surface area contributed by atoms with E-state index in [9.17, 15) is 0 Å². The van der Waals surface area contributed by atoms with Gasteiger partial charge in [0.15, 0.2) is 11.0 Å². The Hall–Kier alpha value is -1.04. The van der Waals surface area contributed by atoms with Gasteiger partial charge in [0.25, 0.3) is 0 Å². The van der Waals surface area contributed by atoms with Gasteiger partial charge in [-0.05, 0) is 11.8 Å². The molecule has 0 spiro atoms. The summed E-state index contributed by atoms with van der Waals surface area (Å²) in [5, 5.41) is 8.21. The predicted octanol–water partition coefficient (Wildman–Crippen LogP) is 2.07. The van der Waals surface area contributed by atoms with Crippen molar-refractivity contribution in [3.8, 4) is 0 Å². The number of hydrogen-bond acceptors (Lipinski definition) is 5. The predicted molar refractivity (Wildman–Crippen MR) is 68.9 cm³/mol. The molecule has 1 N–H and O–H groups in total. The molecule has 0 radical (unpaired) electrons. The largest absolute Gasteiger partial charge is 0.362 e. The number of hydrogen-bond donors (Lipinski definition) is 1. The average Bonchev–Trinajstić information content (AvgIpc) is 2.78. The maximum Gasteiger partial charge on any atom is 0.213 e. The molecule has 0 bridgehead atoms. The van der Waals surface area contributed by atoms with E-state index in [1.165, 1.54) is 12.8 Å². The van der Waals surface area contributed by atoms with Crippen LogP contribution < -0.4 is 5.32 Å². The molecular weight excluding hydrogens is 236 g/mol. The minimum atomic E-state index is 0.258. The van der Waals surface area contributed by atoms with Crippen molar-refractivity contribution < 1.29 is 4.52 Å². The number of rotatable bonds is 2. The summed E-state index contributed by atoms with van der Waals surface area (Å²) in [5.74, 6) is 1.73. The highest BCUT2D eigenvalue weighted by molar-refractivity contribution is 8.13. The van der Waals surface area contributed by atoms with Crippen LogP contribution in [0.1, 0.15) is 33.0 Å². The molecule has 1 unspecified atom stereocenters. The van der Waals surface area contributed by atoms with E-state index in [4.69, 9.17) is 0 Å². The van der Waals surface area contributed by atoms with Gasteiger partial charge in [-0.1, -0.05) is 37.7 Å². The SMILES string of the molecule is CC(C)(C)C1CCSC(=NCc2ncon2)N1. The number of aliphatic imine (C=N–C) groups is 1. The molecule has 1 saturated heterocycles. The quantitative estimate of drug-likeness (QED) is 0.875. The third-order valence-electron chi connectivity index (χ3n) is 2.76. The standard InChI is InChI=1S/C11H18N4OS/c1-11(2,3)8-4-5-17-10(14-8)12-6-9-13-7-16-15-9/h7-8H,4-6H2,1-3H3,(H,12,14). The van der Waals surface area contributed by atoms with Gasteiger partial charge in [-0.2, -0.15) is 4.98 Å². The first-order chi connectivity index (χ1) is 8.05. The molecule has 0 aromatic carbocycles. The van der Waals surface area contributed by atoms with Crippen molar-refractivity contribution in [3.05, 3.63) is 12.2 Å². The summed E-state index contributed by atoms with van der Waals surface area (Å²) < 4.78 is 4.67. The molecule has 1 aromatic heterocycles. The van der Waals surface area contributed by atoms with Gasteiger partial charge in [0.05, 0.1) is 0 Å². The Kier molecular flexibility index (Phi) is 3.71. The number of thioether (sulfide) groups is 1. The highest BCUT2D eigenvalue weighted by Crippen LogP contribution is 2.27. The highest BCUT2D eigenvalue weighted by Gasteiger charge is 2.28. The maximum atomic E-state index is 4.67. The first-order valence-corrected chi connectivity index (χ1v) is 6.73. The van der Waals surface area contributed by atoms with E-state index in [2.05, 4.69) is 45.7 Å². The molecule has 0 amide bonds. The lowest BCUT2D eigenvalue weighted by atomic mass is 9.85. The fourth-order valence-corrected chi connectivity index (χ4v) is 2.61. The zero-order valence-electron chi connectivity index (χ0n) is 10.4. The second-order valence-corrected chi connectivity index (χ2v) is 6.25. The lowest BCUT2D eigenvalue weighted by molar-refractivity contribution is 0.290. The van der Waals surface area contributed by atoms with E-state index < -0.39 is 0 Å². The molecule has 2 rings (SSSR count). The third-order valence-corrected chi connectivity index (χ3v) is 3.72. The molecule has 1 aromatic rings. The van der Waals surface area contributed by atoms with Crippen molar-refractivity contribution in [2.45, 2.75) is 39.8 Å². The Balaban J connectivity index is 1.95. The normalized spacial score (nSPS) is 23.7. The van der Waals surface area contributed by atoms with Crippen molar-refractivity contribution >= 4 is 16.9 Å². The molecule has 1 atom stereocenters. The van der Waals surface area contributed by atoms with Crippen LogP contribution in [0.4, 0.5) is 0 Å². The van der Waals surface area contributed by atoms with Crippen molar-refractivity contribution in [2.24, 2.45) is 10.4 Å². The fourth-order valence-electron chi connectivity index (χ4n) is 1.68. The molecule has 5 nitrogen and oxygen atoms in total. The number of amidine groups is 1. The summed E-state index contributed by atoms with van der Waals surface area (Å²) in [4.78, 5) is 8.42.